The van der Waals surface area contributed by atoms with Gasteiger partial charge < -0.3 is 20.3 Å². The van der Waals surface area contributed by atoms with Gasteiger partial charge in [0.15, 0.2) is 5.69 Å². The molecule has 3 aromatic heterocycles. The van der Waals surface area contributed by atoms with Crippen LogP contribution in [0.15, 0.2) is 24.5 Å². The van der Waals surface area contributed by atoms with E-state index in [4.69, 9.17) is 4.74 Å². The van der Waals surface area contributed by atoms with Crippen molar-refractivity contribution in [1.82, 2.24) is 25.2 Å². The number of ether oxygens (including phenoxy) is 1. The average molecular weight is 473 g/mol. The molecule has 1 fully saturated rings. The molecule has 0 aliphatic carbocycles. The summed E-state index contributed by atoms with van der Waals surface area (Å²) >= 11 is 1.45. The number of likely N-dealkylation sites (tertiary alicyclic amines) is 1. The topological polar surface area (TPSA) is 109 Å². The van der Waals surface area contributed by atoms with Crippen LogP contribution in [0, 0.1) is 12.7 Å². The Bertz CT molecular complexity index is 1190. The van der Waals surface area contributed by atoms with Gasteiger partial charge in [0.2, 0.25) is 5.95 Å². The van der Waals surface area contributed by atoms with Gasteiger partial charge in [0.25, 0.3) is 5.91 Å². The van der Waals surface area contributed by atoms with Crippen LogP contribution in [0.1, 0.15) is 47.7 Å². The van der Waals surface area contributed by atoms with Gasteiger partial charge >= 0.3 is 6.09 Å². The van der Waals surface area contributed by atoms with Gasteiger partial charge in [0.05, 0.1) is 34.6 Å². The zero-order valence-corrected chi connectivity index (χ0v) is 19.6. The number of nitrogens with zero attached hydrogens (tertiary/aromatic N) is 4. The van der Waals surface area contributed by atoms with Crippen molar-refractivity contribution in [2.24, 2.45) is 0 Å². The number of aryl methyl sites for hydroxylation is 1. The van der Waals surface area contributed by atoms with E-state index in [0.29, 0.717) is 34.6 Å². The molecular weight excluding hydrogens is 447 g/mol. The summed E-state index contributed by atoms with van der Waals surface area (Å²) in [6, 6.07) is 2.81. The number of carbonyl (C=O) groups is 2. The summed E-state index contributed by atoms with van der Waals surface area (Å²) in [6.45, 7) is 8.07. The van der Waals surface area contributed by atoms with E-state index < -0.39 is 11.9 Å². The van der Waals surface area contributed by atoms with Gasteiger partial charge in [-0.3, -0.25) is 9.78 Å². The molecule has 0 saturated carbocycles. The molecule has 33 heavy (non-hydrogen) atoms. The molecule has 174 valence electrons. The van der Waals surface area contributed by atoms with Crippen LogP contribution in [0.25, 0.3) is 10.2 Å². The Hall–Kier alpha value is -3.34. The van der Waals surface area contributed by atoms with Crippen molar-refractivity contribution < 1.29 is 18.7 Å². The molecule has 3 aromatic rings. The molecule has 1 saturated heterocycles. The number of rotatable bonds is 6. The number of thiophene rings is 1. The Morgan fingerprint density at radius 2 is 1.97 bits per heavy atom. The van der Waals surface area contributed by atoms with Crippen molar-refractivity contribution in [2.75, 3.05) is 18.4 Å². The second kappa shape index (κ2) is 9.26. The van der Waals surface area contributed by atoms with E-state index in [1.807, 2.05) is 19.9 Å². The minimum atomic E-state index is -0.493. The number of nitrogens with one attached hydrogen (secondary N) is 2. The first-order valence-electron chi connectivity index (χ1n) is 10.6. The highest BCUT2D eigenvalue weighted by Crippen LogP contribution is 2.30. The van der Waals surface area contributed by atoms with Crippen LogP contribution in [-0.4, -0.2) is 57.1 Å². The summed E-state index contributed by atoms with van der Waals surface area (Å²) in [5.41, 5.74) is 1.60. The molecule has 0 radical (unpaired) electrons. The van der Waals surface area contributed by atoms with Gasteiger partial charge in [-0.25, -0.2) is 19.2 Å². The molecule has 2 amide bonds. The summed E-state index contributed by atoms with van der Waals surface area (Å²) in [4.78, 5) is 40.6. The summed E-state index contributed by atoms with van der Waals surface area (Å²) in [5.74, 6) is -0.390. The summed E-state index contributed by atoms with van der Waals surface area (Å²) in [5, 5.41) is 5.89. The SMILES string of the molecule is Cc1cc2nc(N[C@@H](C)c3cncc(F)c3)nc(C(=O)N3CC(NC(=O)OC(C)C)C3)c2s1. The Morgan fingerprint density at radius 1 is 1.21 bits per heavy atom. The molecule has 2 N–H and O–H groups in total. The van der Waals surface area contributed by atoms with Gasteiger partial charge in [-0.05, 0) is 45.4 Å². The van der Waals surface area contributed by atoms with E-state index in [1.165, 1.54) is 17.4 Å². The zero-order chi connectivity index (χ0) is 23.7. The first-order chi connectivity index (χ1) is 15.7. The first kappa shape index (κ1) is 22.8. The maximum Gasteiger partial charge on any atom is 0.407 e. The molecular formula is C22H25FN6O3S. The minimum absolute atomic E-state index is 0.166. The molecule has 1 aliphatic rings. The van der Waals surface area contributed by atoms with Crippen LogP contribution >= 0.6 is 11.3 Å². The van der Waals surface area contributed by atoms with E-state index in [9.17, 15) is 14.0 Å². The van der Waals surface area contributed by atoms with Crippen molar-refractivity contribution >= 4 is 39.5 Å². The van der Waals surface area contributed by atoms with Crippen molar-refractivity contribution in [3.8, 4) is 0 Å². The maximum atomic E-state index is 13.6. The number of amides is 2. The number of halogens is 1. The molecule has 1 aliphatic heterocycles. The Labute approximate surface area is 194 Å². The molecule has 1 atom stereocenters. The summed E-state index contributed by atoms with van der Waals surface area (Å²) < 4.78 is 19.3. The van der Waals surface area contributed by atoms with Crippen LogP contribution in [-0.2, 0) is 4.74 Å². The summed E-state index contributed by atoms with van der Waals surface area (Å²) in [6.07, 6.45) is 2.00. The minimum Gasteiger partial charge on any atom is -0.447 e. The average Bonchev–Trinajstić information content (AvgIpc) is 3.08. The highest BCUT2D eigenvalue weighted by molar-refractivity contribution is 7.19. The standard InChI is InChI=1S/C22H25FN6O3S/c1-11(2)32-22(31)26-16-9-29(10-16)20(30)18-19-17(5-12(3)33-19)27-21(28-18)25-13(4)14-6-15(23)8-24-7-14/h5-8,11,13,16H,9-10H2,1-4H3,(H,26,31)(H,25,27,28)/t13-/m0/s1. The van der Waals surface area contributed by atoms with E-state index in [0.717, 1.165) is 11.1 Å². The van der Waals surface area contributed by atoms with Crippen molar-refractivity contribution in [1.29, 1.82) is 0 Å². The number of hydrogen-bond acceptors (Lipinski definition) is 8. The molecule has 0 bridgehead atoms. The lowest BCUT2D eigenvalue weighted by Crippen LogP contribution is -2.61. The van der Waals surface area contributed by atoms with Crippen LogP contribution in [0.4, 0.5) is 15.1 Å². The number of pyridine rings is 1. The highest BCUT2D eigenvalue weighted by atomic mass is 32.1. The van der Waals surface area contributed by atoms with E-state index in [-0.39, 0.29) is 30.0 Å². The third-order valence-corrected chi connectivity index (χ3v) is 6.15. The van der Waals surface area contributed by atoms with Gasteiger partial charge in [0.1, 0.15) is 5.82 Å². The molecule has 4 rings (SSSR count). The van der Waals surface area contributed by atoms with E-state index in [1.54, 1.807) is 24.9 Å². The lowest BCUT2D eigenvalue weighted by Gasteiger charge is -2.39. The van der Waals surface area contributed by atoms with Crippen molar-refractivity contribution in [2.45, 2.75) is 45.9 Å². The van der Waals surface area contributed by atoms with Crippen LogP contribution < -0.4 is 10.6 Å². The summed E-state index contributed by atoms with van der Waals surface area (Å²) in [7, 11) is 0. The lowest BCUT2D eigenvalue weighted by atomic mass is 10.1. The first-order valence-corrected chi connectivity index (χ1v) is 11.4. The predicted molar refractivity (Wildman–Crippen MR) is 123 cm³/mol. The van der Waals surface area contributed by atoms with Crippen LogP contribution in [0.3, 0.4) is 0 Å². The zero-order valence-electron chi connectivity index (χ0n) is 18.8. The highest BCUT2D eigenvalue weighted by Gasteiger charge is 2.34. The second-order valence-corrected chi connectivity index (χ2v) is 9.53. The fourth-order valence-corrected chi connectivity index (χ4v) is 4.43. The fourth-order valence-electron chi connectivity index (χ4n) is 3.50. The van der Waals surface area contributed by atoms with Crippen LogP contribution in [0.2, 0.25) is 0 Å². The van der Waals surface area contributed by atoms with Gasteiger partial charge in [0, 0.05) is 24.2 Å². The number of alkyl carbamates (subject to hydrolysis) is 1. The molecule has 11 heteroatoms. The quantitative estimate of drug-likeness (QED) is 0.563. The lowest BCUT2D eigenvalue weighted by molar-refractivity contribution is 0.0526. The number of aromatic nitrogens is 3. The Balaban J connectivity index is 1.51. The van der Waals surface area contributed by atoms with Crippen LogP contribution in [0.5, 0.6) is 0 Å². The van der Waals surface area contributed by atoms with E-state index >= 15 is 0 Å². The predicted octanol–water partition coefficient (Wildman–Crippen LogP) is 3.67. The molecule has 0 spiro atoms. The number of anilines is 1. The number of hydrogen-bond donors (Lipinski definition) is 2. The molecule has 0 unspecified atom stereocenters. The van der Waals surface area contributed by atoms with E-state index in [2.05, 4.69) is 25.6 Å². The van der Waals surface area contributed by atoms with Crippen molar-refractivity contribution in [3.05, 3.63) is 46.5 Å². The fraction of sp³-hybridized carbons (Fsp3) is 0.409. The molecule has 0 aromatic carbocycles. The Morgan fingerprint density at radius 3 is 2.67 bits per heavy atom. The Kier molecular flexibility index (Phi) is 6.41. The van der Waals surface area contributed by atoms with Gasteiger partial charge in [-0.2, -0.15) is 0 Å². The maximum absolute atomic E-state index is 13.6. The molecule has 4 heterocycles. The normalized spacial score (nSPS) is 14.8. The number of fused-ring (bicyclic) bond motifs is 1. The second-order valence-electron chi connectivity index (χ2n) is 8.28. The van der Waals surface area contributed by atoms with Gasteiger partial charge in [-0.1, -0.05) is 0 Å². The molecule has 9 nitrogen and oxygen atoms in total. The number of carbonyl (C=O) groups excluding carboxylic acids is 2. The monoisotopic (exact) mass is 472 g/mol. The largest absolute Gasteiger partial charge is 0.447 e. The third-order valence-electron chi connectivity index (χ3n) is 5.10. The third kappa shape index (κ3) is 5.19. The smallest absolute Gasteiger partial charge is 0.407 e. The van der Waals surface area contributed by atoms with Gasteiger partial charge in [-0.15, -0.1) is 11.3 Å². The van der Waals surface area contributed by atoms with Crippen molar-refractivity contribution in [3.63, 3.8) is 0 Å².